The minimum Gasteiger partial charge on any atom is -0.465 e. The van der Waals surface area contributed by atoms with E-state index < -0.39 is 50.4 Å². The molecule has 3 rings (SSSR count). The van der Waals surface area contributed by atoms with Gasteiger partial charge in [0, 0.05) is 11.3 Å². The highest BCUT2D eigenvalue weighted by atomic mass is 32.2. The fraction of sp³-hybridized carbons (Fsp3) is 0.474. The Kier molecular flexibility index (Phi) is 6.80. The molecule has 182 valence electrons. The summed E-state index contributed by atoms with van der Waals surface area (Å²) in [5.74, 6) is -0.579. The topological polar surface area (TPSA) is 90.3 Å². The molecule has 0 aliphatic heterocycles. The summed E-state index contributed by atoms with van der Waals surface area (Å²) in [6.07, 6.45) is -7.96. The van der Waals surface area contributed by atoms with E-state index in [0.717, 1.165) is 0 Å². The smallest absolute Gasteiger partial charge is 0.417 e. The molecule has 1 heterocycles. The number of hydrogen-bond donors (Lipinski definition) is 1. The highest BCUT2D eigenvalue weighted by Crippen LogP contribution is 2.39. The van der Waals surface area contributed by atoms with Crippen LogP contribution in [0.3, 0.4) is 0 Å². The third-order valence-corrected chi connectivity index (χ3v) is 6.56. The Morgan fingerprint density at radius 1 is 1.21 bits per heavy atom. The van der Waals surface area contributed by atoms with Gasteiger partial charge < -0.3 is 4.74 Å². The lowest BCUT2D eigenvalue weighted by Gasteiger charge is -2.25. The molecular weight excluding hydrogens is 480 g/mol. The van der Waals surface area contributed by atoms with Gasteiger partial charge in [0.1, 0.15) is 6.54 Å². The van der Waals surface area contributed by atoms with E-state index in [2.05, 4.69) is 9.82 Å². The normalized spacial score (nSPS) is 17.0. The average molecular weight is 499 g/mol. The Morgan fingerprint density at radius 2 is 1.91 bits per heavy atom. The summed E-state index contributed by atoms with van der Waals surface area (Å²) in [5.41, 5.74) is -2.42. The number of carbonyl (C=O) groups excluding carboxylic acids is 1. The van der Waals surface area contributed by atoms with Crippen LogP contribution in [0.2, 0.25) is 0 Å². The van der Waals surface area contributed by atoms with Gasteiger partial charge in [-0.25, -0.2) is 13.1 Å². The number of alkyl halides is 6. The molecule has 0 bridgehead atoms. The molecule has 1 aromatic heterocycles. The summed E-state index contributed by atoms with van der Waals surface area (Å²) >= 11 is 0. The van der Waals surface area contributed by atoms with Gasteiger partial charge in [-0.2, -0.15) is 31.4 Å². The molecule has 14 heteroatoms. The highest BCUT2D eigenvalue weighted by molar-refractivity contribution is 7.89. The van der Waals surface area contributed by atoms with E-state index in [1.54, 1.807) is 6.92 Å². The summed E-state index contributed by atoms with van der Waals surface area (Å²) in [5, 5.41) is 4.03. The number of benzene rings is 1. The third-order valence-electron chi connectivity index (χ3n) is 5.05. The Bertz CT molecular complexity index is 1140. The molecule has 1 N–H and O–H groups in total. The van der Waals surface area contributed by atoms with Crippen LogP contribution in [0, 0.1) is 0 Å². The lowest BCUT2D eigenvalue weighted by molar-refractivity contribution is -0.144. The van der Waals surface area contributed by atoms with Gasteiger partial charge in [0.05, 0.1) is 34.9 Å². The fourth-order valence-corrected chi connectivity index (χ4v) is 5.11. The van der Waals surface area contributed by atoms with E-state index in [1.165, 1.54) is 10.9 Å². The zero-order chi connectivity index (χ0) is 24.6. The molecule has 33 heavy (non-hydrogen) atoms. The molecule has 1 atom stereocenters. The first-order valence-corrected chi connectivity index (χ1v) is 11.2. The van der Waals surface area contributed by atoms with Gasteiger partial charge in [0.25, 0.3) is 0 Å². The van der Waals surface area contributed by atoms with Crippen molar-refractivity contribution in [3.05, 3.63) is 46.8 Å². The second kappa shape index (κ2) is 8.97. The first-order valence-electron chi connectivity index (χ1n) is 9.75. The van der Waals surface area contributed by atoms with Crippen molar-refractivity contribution in [2.45, 2.75) is 56.0 Å². The first-order chi connectivity index (χ1) is 15.2. The van der Waals surface area contributed by atoms with Gasteiger partial charge in [0.2, 0.25) is 10.0 Å². The van der Waals surface area contributed by atoms with Crippen LogP contribution < -0.4 is 4.72 Å². The van der Waals surface area contributed by atoms with Gasteiger partial charge in [-0.1, -0.05) is 0 Å². The summed E-state index contributed by atoms with van der Waals surface area (Å²) < 4.78 is 113. The van der Waals surface area contributed by atoms with Crippen LogP contribution in [0.5, 0.6) is 0 Å². The van der Waals surface area contributed by atoms with E-state index in [9.17, 15) is 39.6 Å². The summed E-state index contributed by atoms with van der Waals surface area (Å²) in [7, 11) is -5.02. The van der Waals surface area contributed by atoms with E-state index >= 15 is 0 Å². The molecule has 7 nitrogen and oxygen atoms in total. The number of fused-ring (bicyclic) bond motifs is 1. The number of halogens is 6. The van der Waals surface area contributed by atoms with E-state index in [4.69, 9.17) is 4.74 Å². The van der Waals surface area contributed by atoms with E-state index in [-0.39, 0.29) is 37.8 Å². The second-order valence-electron chi connectivity index (χ2n) is 7.28. The fourth-order valence-electron chi connectivity index (χ4n) is 3.61. The molecule has 1 unspecified atom stereocenters. The zero-order valence-corrected chi connectivity index (χ0v) is 17.9. The number of hydrogen-bond acceptors (Lipinski definition) is 5. The molecule has 0 saturated carbocycles. The van der Waals surface area contributed by atoms with Crippen LogP contribution in [-0.2, 0) is 44.9 Å². The largest absolute Gasteiger partial charge is 0.465 e. The SMILES string of the molecule is CCOC(=O)Cn1ncc2c1CCCC2NS(=O)(=O)c1cc(C(F)(F)F)ccc1C(F)(F)F. The molecular formula is C19H19F6N3O4S. The van der Waals surface area contributed by atoms with E-state index in [0.29, 0.717) is 24.1 Å². The number of nitrogens with one attached hydrogen (secondary N) is 1. The third kappa shape index (κ3) is 5.49. The van der Waals surface area contributed by atoms with Crippen molar-refractivity contribution in [3.8, 4) is 0 Å². The number of carbonyl (C=O) groups is 1. The Hall–Kier alpha value is -2.61. The van der Waals surface area contributed by atoms with Gasteiger partial charge in [-0.15, -0.1) is 0 Å². The van der Waals surface area contributed by atoms with Crippen molar-refractivity contribution in [2.75, 3.05) is 6.61 Å². The zero-order valence-electron chi connectivity index (χ0n) is 17.1. The molecule has 2 aromatic rings. The van der Waals surface area contributed by atoms with Crippen molar-refractivity contribution >= 4 is 16.0 Å². The van der Waals surface area contributed by atoms with Crippen molar-refractivity contribution in [1.29, 1.82) is 0 Å². The quantitative estimate of drug-likeness (QED) is 0.482. The Morgan fingerprint density at radius 3 is 2.52 bits per heavy atom. The van der Waals surface area contributed by atoms with Gasteiger partial charge in [-0.3, -0.25) is 9.48 Å². The number of ether oxygens (including phenoxy) is 1. The van der Waals surface area contributed by atoms with Gasteiger partial charge in [-0.05, 0) is 44.4 Å². The minimum absolute atomic E-state index is 0.0287. The number of nitrogens with zero attached hydrogens (tertiary/aromatic N) is 2. The summed E-state index contributed by atoms with van der Waals surface area (Å²) in [6.45, 7) is 1.52. The van der Waals surface area contributed by atoms with Gasteiger partial charge >= 0.3 is 18.3 Å². The van der Waals surface area contributed by atoms with Crippen molar-refractivity contribution < 1.29 is 44.3 Å². The first kappa shape index (κ1) is 25.0. The van der Waals surface area contributed by atoms with Crippen LogP contribution in [0.1, 0.15) is 48.2 Å². The number of sulfonamides is 1. The van der Waals surface area contributed by atoms with Crippen molar-refractivity contribution in [3.63, 3.8) is 0 Å². The van der Waals surface area contributed by atoms with Crippen LogP contribution in [0.15, 0.2) is 29.3 Å². The summed E-state index contributed by atoms with van der Waals surface area (Å²) in [6, 6.07) is -0.787. The average Bonchev–Trinajstić information content (AvgIpc) is 3.10. The second-order valence-corrected chi connectivity index (χ2v) is 8.96. The molecule has 0 radical (unpaired) electrons. The molecule has 1 aromatic carbocycles. The Labute approximate surface area is 184 Å². The molecule has 0 amide bonds. The maximum atomic E-state index is 13.4. The van der Waals surface area contributed by atoms with Crippen LogP contribution in [0.25, 0.3) is 0 Å². The predicted molar refractivity (Wildman–Crippen MR) is 101 cm³/mol. The predicted octanol–water partition coefficient (Wildman–Crippen LogP) is 3.84. The summed E-state index contributed by atoms with van der Waals surface area (Å²) in [4.78, 5) is 10.2. The number of rotatable bonds is 6. The molecule has 0 fully saturated rings. The van der Waals surface area contributed by atoms with Crippen LogP contribution in [-0.4, -0.2) is 30.8 Å². The van der Waals surface area contributed by atoms with Crippen molar-refractivity contribution in [1.82, 2.24) is 14.5 Å². The number of esters is 1. The lowest BCUT2D eigenvalue weighted by atomic mass is 9.94. The molecule has 1 aliphatic carbocycles. The molecule has 0 saturated heterocycles. The highest BCUT2D eigenvalue weighted by Gasteiger charge is 2.41. The minimum atomic E-state index is -5.20. The lowest BCUT2D eigenvalue weighted by Crippen LogP contribution is -2.33. The standard InChI is InChI=1S/C19H19F6N3O4S/c1-2-32-17(29)10-28-15-5-3-4-14(12(15)9-26-28)27-33(30,31)16-8-11(18(20,21)22)6-7-13(16)19(23,24)25/h6-9,14,27H,2-5,10H2,1H3. The van der Waals surface area contributed by atoms with Crippen LogP contribution in [0.4, 0.5) is 26.3 Å². The van der Waals surface area contributed by atoms with Crippen molar-refractivity contribution in [2.24, 2.45) is 0 Å². The maximum absolute atomic E-state index is 13.4. The Balaban J connectivity index is 1.97. The van der Waals surface area contributed by atoms with E-state index in [1.807, 2.05) is 0 Å². The van der Waals surface area contributed by atoms with Gasteiger partial charge in [0.15, 0.2) is 0 Å². The molecule has 1 aliphatic rings. The van der Waals surface area contributed by atoms with Crippen LogP contribution >= 0.6 is 0 Å². The monoisotopic (exact) mass is 499 g/mol. The molecule has 0 spiro atoms. The maximum Gasteiger partial charge on any atom is 0.417 e. The number of aromatic nitrogens is 2.